The van der Waals surface area contributed by atoms with Gasteiger partial charge in [-0.3, -0.25) is 0 Å². The Hall–Kier alpha value is -1.53. The molecule has 5 nitrogen and oxygen atoms in total. The second kappa shape index (κ2) is 5.88. The third-order valence-electron chi connectivity index (χ3n) is 2.84. The number of carbonyl (C=O) groups is 1. The Balaban J connectivity index is 3.32. The highest BCUT2D eigenvalue weighted by Crippen LogP contribution is 2.32. The van der Waals surface area contributed by atoms with Gasteiger partial charge in [-0.25, -0.2) is 9.78 Å². The third-order valence-corrected chi connectivity index (χ3v) is 2.84. The summed E-state index contributed by atoms with van der Waals surface area (Å²) in [5.41, 5.74) is -1.20. The van der Waals surface area contributed by atoms with Gasteiger partial charge in [-0.1, -0.05) is 6.92 Å². The second-order valence-corrected chi connectivity index (χ2v) is 3.81. The van der Waals surface area contributed by atoms with Crippen molar-refractivity contribution < 1.29 is 23.8 Å². The van der Waals surface area contributed by atoms with E-state index in [2.05, 4.69) is 4.98 Å². The molecule has 0 aliphatic carbocycles. The molecule has 1 heterocycles. The first-order valence-electron chi connectivity index (χ1n) is 5.47. The van der Waals surface area contributed by atoms with Crippen molar-refractivity contribution in [3.63, 3.8) is 0 Å². The number of pyridine rings is 1. The Labute approximate surface area is 105 Å². The van der Waals surface area contributed by atoms with Crippen LogP contribution in [0.3, 0.4) is 0 Å². The number of hydrogen-bond acceptors (Lipinski definition) is 4. The summed E-state index contributed by atoms with van der Waals surface area (Å²) < 4.78 is 23.5. The van der Waals surface area contributed by atoms with E-state index in [4.69, 9.17) is 9.47 Å². The van der Waals surface area contributed by atoms with Gasteiger partial charge in [0.15, 0.2) is 5.60 Å². The van der Waals surface area contributed by atoms with Crippen LogP contribution in [0.1, 0.15) is 24.5 Å². The summed E-state index contributed by atoms with van der Waals surface area (Å²) in [5.74, 6) is -1.89. The fraction of sp³-hybridized carbons (Fsp3) is 0.500. The summed E-state index contributed by atoms with van der Waals surface area (Å²) >= 11 is 0. The van der Waals surface area contributed by atoms with E-state index in [9.17, 15) is 14.3 Å². The summed E-state index contributed by atoms with van der Waals surface area (Å²) in [7, 11) is 1.39. The van der Waals surface area contributed by atoms with E-state index in [-0.39, 0.29) is 24.3 Å². The molecule has 1 unspecified atom stereocenters. The molecular formula is C12H16FNO4. The molecule has 0 bridgehead atoms. The molecular weight excluding hydrogens is 241 g/mol. The van der Waals surface area contributed by atoms with Crippen LogP contribution in [0.2, 0.25) is 0 Å². The Morgan fingerprint density at radius 3 is 2.78 bits per heavy atom. The summed E-state index contributed by atoms with van der Waals surface area (Å²) in [6.07, 6.45) is 1.37. The molecule has 1 aromatic rings. The van der Waals surface area contributed by atoms with Crippen LogP contribution in [0.5, 0.6) is 0 Å². The predicted molar refractivity (Wildman–Crippen MR) is 61.5 cm³/mol. The molecule has 100 valence electrons. The zero-order chi connectivity index (χ0) is 13.8. The number of carboxylic acids is 1. The van der Waals surface area contributed by atoms with E-state index in [0.717, 1.165) is 0 Å². The van der Waals surface area contributed by atoms with Crippen molar-refractivity contribution in [1.29, 1.82) is 0 Å². The van der Waals surface area contributed by atoms with Crippen molar-refractivity contribution in [1.82, 2.24) is 4.98 Å². The first-order valence-corrected chi connectivity index (χ1v) is 5.47. The molecule has 0 amide bonds. The fourth-order valence-corrected chi connectivity index (χ4v) is 1.81. The first kappa shape index (κ1) is 14.5. The summed E-state index contributed by atoms with van der Waals surface area (Å²) in [5, 5.41) is 9.40. The van der Waals surface area contributed by atoms with Crippen molar-refractivity contribution in [3.05, 3.63) is 29.3 Å². The lowest BCUT2D eigenvalue weighted by atomic mass is 9.88. The lowest BCUT2D eigenvalue weighted by molar-refractivity contribution is -0.185. The van der Waals surface area contributed by atoms with Crippen LogP contribution >= 0.6 is 0 Å². The largest absolute Gasteiger partial charge is 0.479 e. The minimum Gasteiger partial charge on any atom is -0.479 e. The highest BCUT2D eigenvalue weighted by atomic mass is 19.1. The third kappa shape index (κ3) is 2.49. The molecule has 0 fully saturated rings. The van der Waals surface area contributed by atoms with E-state index in [0.29, 0.717) is 0 Å². The number of halogens is 1. The first-order chi connectivity index (χ1) is 8.49. The number of nitrogens with zero attached hydrogens (tertiary/aromatic N) is 1. The summed E-state index contributed by atoms with van der Waals surface area (Å²) in [6, 6.07) is 1.45. The van der Waals surface area contributed by atoms with Crippen LogP contribution in [0.4, 0.5) is 4.39 Å². The lowest BCUT2D eigenvalue weighted by Crippen LogP contribution is -2.39. The topological polar surface area (TPSA) is 68.7 Å². The molecule has 6 heteroatoms. The number of rotatable bonds is 6. The van der Waals surface area contributed by atoms with Gasteiger partial charge in [0.05, 0.1) is 0 Å². The Kier molecular flexibility index (Phi) is 4.75. The molecule has 18 heavy (non-hydrogen) atoms. The Bertz CT molecular complexity index is 438. The molecule has 0 aliphatic rings. The van der Waals surface area contributed by atoms with Crippen molar-refractivity contribution in [2.45, 2.75) is 25.9 Å². The van der Waals surface area contributed by atoms with Gasteiger partial charge in [-0.15, -0.1) is 0 Å². The Morgan fingerprint density at radius 1 is 1.61 bits per heavy atom. The standard InChI is InChI=1S/C12H16FNO4/c1-4-12(11(15)16,18-7-17-3)9-5-6-14-10(13)8(9)2/h5-6H,4,7H2,1-3H3,(H,15,16). The van der Waals surface area contributed by atoms with Crippen molar-refractivity contribution in [3.8, 4) is 0 Å². The average Bonchev–Trinajstić information content (AvgIpc) is 2.35. The van der Waals surface area contributed by atoms with Gasteiger partial charge in [0, 0.05) is 24.4 Å². The molecule has 1 rings (SSSR count). The zero-order valence-corrected chi connectivity index (χ0v) is 10.6. The van der Waals surface area contributed by atoms with Crippen LogP contribution in [0, 0.1) is 12.9 Å². The summed E-state index contributed by atoms with van der Waals surface area (Å²) in [6.45, 7) is 2.94. The molecule has 0 saturated heterocycles. The SMILES string of the molecule is CCC(OCOC)(C(=O)O)c1ccnc(F)c1C. The van der Waals surface area contributed by atoms with Crippen LogP contribution in [0.15, 0.2) is 12.3 Å². The molecule has 0 aliphatic heterocycles. The van der Waals surface area contributed by atoms with Gasteiger partial charge in [0.25, 0.3) is 0 Å². The van der Waals surface area contributed by atoms with Gasteiger partial charge < -0.3 is 14.6 Å². The van der Waals surface area contributed by atoms with E-state index in [1.54, 1.807) is 6.92 Å². The molecule has 0 aromatic carbocycles. The molecule has 0 radical (unpaired) electrons. The molecule has 1 atom stereocenters. The lowest BCUT2D eigenvalue weighted by Gasteiger charge is -2.29. The van der Waals surface area contributed by atoms with E-state index in [1.165, 1.54) is 26.3 Å². The van der Waals surface area contributed by atoms with Crippen LogP contribution in [-0.2, 0) is 19.9 Å². The normalized spacial score (nSPS) is 14.2. The van der Waals surface area contributed by atoms with Gasteiger partial charge in [0.1, 0.15) is 6.79 Å². The molecule has 1 aromatic heterocycles. The zero-order valence-electron chi connectivity index (χ0n) is 10.6. The monoisotopic (exact) mass is 257 g/mol. The number of carboxylic acid groups (broad SMARTS) is 1. The average molecular weight is 257 g/mol. The smallest absolute Gasteiger partial charge is 0.340 e. The highest BCUT2D eigenvalue weighted by Gasteiger charge is 2.42. The maximum atomic E-state index is 13.4. The van der Waals surface area contributed by atoms with Gasteiger partial charge in [-0.05, 0) is 19.4 Å². The fourth-order valence-electron chi connectivity index (χ4n) is 1.81. The highest BCUT2D eigenvalue weighted by molar-refractivity contribution is 5.80. The van der Waals surface area contributed by atoms with Crippen LogP contribution < -0.4 is 0 Å². The minimum absolute atomic E-state index is 0.149. The van der Waals surface area contributed by atoms with Gasteiger partial charge in [0.2, 0.25) is 5.95 Å². The number of ether oxygens (including phenoxy) is 2. The number of aromatic nitrogens is 1. The molecule has 1 N–H and O–H groups in total. The quantitative estimate of drug-likeness (QED) is 0.622. The van der Waals surface area contributed by atoms with E-state index in [1.807, 2.05) is 0 Å². The maximum absolute atomic E-state index is 13.4. The van der Waals surface area contributed by atoms with Crippen molar-refractivity contribution in [2.75, 3.05) is 13.9 Å². The molecule has 0 spiro atoms. The van der Waals surface area contributed by atoms with Crippen molar-refractivity contribution >= 4 is 5.97 Å². The van der Waals surface area contributed by atoms with Gasteiger partial charge in [-0.2, -0.15) is 4.39 Å². The number of aliphatic carboxylic acids is 1. The number of hydrogen-bond donors (Lipinski definition) is 1. The predicted octanol–water partition coefficient (Wildman–Crippen LogP) is 1.84. The van der Waals surface area contributed by atoms with Gasteiger partial charge >= 0.3 is 5.97 Å². The number of methoxy groups -OCH3 is 1. The summed E-state index contributed by atoms with van der Waals surface area (Å²) in [4.78, 5) is 15.0. The van der Waals surface area contributed by atoms with Crippen LogP contribution in [-0.4, -0.2) is 30.0 Å². The maximum Gasteiger partial charge on any atom is 0.340 e. The Morgan fingerprint density at radius 2 is 2.28 bits per heavy atom. The van der Waals surface area contributed by atoms with E-state index < -0.39 is 17.5 Å². The second-order valence-electron chi connectivity index (χ2n) is 3.81. The minimum atomic E-state index is -1.62. The molecule has 0 saturated carbocycles. The van der Waals surface area contributed by atoms with Crippen molar-refractivity contribution in [2.24, 2.45) is 0 Å². The van der Waals surface area contributed by atoms with E-state index >= 15 is 0 Å². The van der Waals surface area contributed by atoms with Crippen LogP contribution in [0.25, 0.3) is 0 Å².